The lowest BCUT2D eigenvalue weighted by Gasteiger charge is -2.29. The summed E-state index contributed by atoms with van der Waals surface area (Å²) in [7, 11) is 0. The standard InChI is InChI=1S/C16H20FN5O/c1-11-6-2-5-9-14(11)18-15(23)10-22-20-16(19-21-22)12-7-3-4-8-13(12)17/h3-4,7-8,11,14H,2,5-6,9-10H2,1H3,(H,18,23)/t11-,14-/m1/s1. The molecule has 2 atom stereocenters. The molecule has 7 heteroatoms. The molecule has 1 fully saturated rings. The number of aromatic nitrogens is 4. The zero-order valence-corrected chi connectivity index (χ0v) is 13.1. The molecule has 1 aromatic heterocycles. The summed E-state index contributed by atoms with van der Waals surface area (Å²) in [5.74, 6) is 0.126. The van der Waals surface area contributed by atoms with Gasteiger partial charge in [-0.2, -0.15) is 4.80 Å². The molecule has 0 spiro atoms. The van der Waals surface area contributed by atoms with Gasteiger partial charge >= 0.3 is 0 Å². The van der Waals surface area contributed by atoms with Crippen LogP contribution in [0.25, 0.3) is 11.4 Å². The van der Waals surface area contributed by atoms with Crippen LogP contribution in [0.2, 0.25) is 0 Å². The Kier molecular flexibility index (Phi) is 4.64. The highest BCUT2D eigenvalue weighted by atomic mass is 19.1. The fraction of sp³-hybridized carbons (Fsp3) is 0.500. The van der Waals surface area contributed by atoms with Crippen molar-refractivity contribution in [3.63, 3.8) is 0 Å². The minimum absolute atomic E-state index is 0.00925. The average molecular weight is 317 g/mol. The van der Waals surface area contributed by atoms with Crippen molar-refractivity contribution in [1.29, 1.82) is 0 Å². The van der Waals surface area contributed by atoms with Crippen molar-refractivity contribution in [2.24, 2.45) is 5.92 Å². The lowest BCUT2D eigenvalue weighted by atomic mass is 9.86. The summed E-state index contributed by atoms with van der Waals surface area (Å²) in [5.41, 5.74) is 0.278. The summed E-state index contributed by atoms with van der Waals surface area (Å²) in [6, 6.07) is 6.44. The third kappa shape index (κ3) is 3.72. The number of hydrogen-bond donors (Lipinski definition) is 1. The van der Waals surface area contributed by atoms with E-state index in [1.54, 1.807) is 18.2 Å². The van der Waals surface area contributed by atoms with Gasteiger partial charge in [0.25, 0.3) is 0 Å². The third-order valence-corrected chi connectivity index (χ3v) is 4.31. The zero-order chi connectivity index (χ0) is 16.2. The topological polar surface area (TPSA) is 72.7 Å². The van der Waals surface area contributed by atoms with Gasteiger partial charge in [0, 0.05) is 6.04 Å². The van der Waals surface area contributed by atoms with Crippen LogP contribution in [-0.2, 0) is 11.3 Å². The third-order valence-electron chi connectivity index (χ3n) is 4.31. The molecule has 1 heterocycles. The number of nitrogens with one attached hydrogen (secondary N) is 1. The minimum atomic E-state index is -0.410. The van der Waals surface area contributed by atoms with Crippen molar-refractivity contribution in [3.05, 3.63) is 30.1 Å². The molecule has 6 nitrogen and oxygen atoms in total. The predicted molar refractivity (Wildman–Crippen MR) is 82.8 cm³/mol. The fourth-order valence-corrected chi connectivity index (χ4v) is 2.97. The number of hydrogen-bond acceptors (Lipinski definition) is 4. The van der Waals surface area contributed by atoms with E-state index in [-0.39, 0.29) is 29.9 Å². The normalized spacial score (nSPS) is 21.1. The van der Waals surface area contributed by atoms with E-state index in [1.165, 1.54) is 17.3 Å². The quantitative estimate of drug-likeness (QED) is 0.938. The summed E-state index contributed by atoms with van der Waals surface area (Å²) in [6.45, 7) is 2.15. The van der Waals surface area contributed by atoms with Gasteiger partial charge in [-0.1, -0.05) is 31.9 Å². The van der Waals surface area contributed by atoms with Crippen LogP contribution in [0.15, 0.2) is 24.3 Å². The highest BCUT2D eigenvalue weighted by Gasteiger charge is 2.23. The maximum atomic E-state index is 13.7. The first kappa shape index (κ1) is 15.6. The van der Waals surface area contributed by atoms with Gasteiger partial charge in [0.1, 0.15) is 12.4 Å². The van der Waals surface area contributed by atoms with Gasteiger partial charge in [0.2, 0.25) is 11.7 Å². The molecular weight excluding hydrogens is 297 g/mol. The predicted octanol–water partition coefficient (Wildman–Crippen LogP) is 2.17. The Morgan fingerprint density at radius 3 is 2.91 bits per heavy atom. The van der Waals surface area contributed by atoms with Gasteiger partial charge in [0.05, 0.1) is 5.56 Å². The number of carbonyl (C=O) groups is 1. The van der Waals surface area contributed by atoms with Crippen molar-refractivity contribution >= 4 is 5.91 Å². The Balaban J connectivity index is 1.62. The van der Waals surface area contributed by atoms with Crippen LogP contribution in [0, 0.1) is 11.7 Å². The molecule has 0 bridgehead atoms. The SMILES string of the molecule is C[C@@H]1CCCC[C@H]1NC(=O)Cn1nnc(-c2ccccc2F)n1. The summed E-state index contributed by atoms with van der Waals surface area (Å²) in [4.78, 5) is 13.3. The van der Waals surface area contributed by atoms with Crippen LogP contribution in [0.3, 0.4) is 0 Å². The molecule has 0 aliphatic heterocycles. The number of nitrogens with zero attached hydrogens (tertiary/aromatic N) is 4. The second kappa shape index (κ2) is 6.85. The average Bonchev–Trinajstić information content (AvgIpc) is 2.98. The number of amides is 1. The Morgan fingerprint density at radius 2 is 2.13 bits per heavy atom. The van der Waals surface area contributed by atoms with Crippen molar-refractivity contribution < 1.29 is 9.18 Å². The van der Waals surface area contributed by atoms with Gasteiger partial charge in [-0.25, -0.2) is 4.39 Å². The second-order valence-electron chi connectivity index (χ2n) is 6.06. The van der Waals surface area contributed by atoms with Crippen LogP contribution in [0.5, 0.6) is 0 Å². The van der Waals surface area contributed by atoms with E-state index in [0.717, 1.165) is 19.3 Å². The van der Waals surface area contributed by atoms with Crippen LogP contribution in [-0.4, -0.2) is 32.2 Å². The van der Waals surface area contributed by atoms with E-state index in [2.05, 4.69) is 27.7 Å². The number of benzene rings is 1. The lowest BCUT2D eigenvalue weighted by Crippen LogP contribution is -2.42. The van der Waals surface area contributed by atoms with Crippen molar-refractivity contribution in [2.75, 3.05) is 0 Å². The van der Waals surface area contributed by atoms with Crippen molar-refractivity contribution in [1.82, 2.24) is 25.5 Å². The molecule has 1 N–H and O–H groups in total. The first-order chi connectivity index (χ1) is 11.1. The molecule has 1 aliphatic rings. The van der Waals surface area contributed by atoms with Crippen LogP contribution < -0.4 is 5.32 Å². The number of carbonyl (C=O) groups excluding carboxylic acids is 1. The molecule has 122 valence electrons. The molecule has 1 saturated carbocycles. The van der Waals surface area contributed by atoms with Gasteiger partial charge in [-0.3, -0.25) is 4.79 Å². The molecule has 0 unspecified atom stereocenters. The molecule has 2 aromatic rings. The smallest absolute Gasteiger partial charge is 0.243 e. The Labute approximate surface area is 134 Å². The summed E-state index contributed by atoms with van der Waals surface area (Å²) in [5, 5.41) is 14.8. The van der Waals surface area contributed by atoms with E-state index in [4.69, 9.17) is 0 Å². The van der Waals surface area contributed by atoms with Crippen LogP contribution in [0.4, 0.5) is 4.39 Å². The molecule has 1 aromatic carbocycles. The van der Waals surface area contributed by atoms with Crippen LogP contribution >= 0.6 is 0 Å². The zero-order valence-electron chi connectivity index (χ0n) is 13.1. The van der Waals surface area contributed by atoms with Crippen molar-refractivity contribution in [2.45, 2.75) is 45.2 Å². The maximum absolute atomic E-state index is 13.7. The number of rotatable bonds is 4. The monoisotopic (exact) mass is 317 g/mol. The lowest BCUT2D eigenvalue weighted by molar-refractivity contribution is -0.123. The van der Waals surface area contributed by atoms with E-state index in [0.29, 0.717) is 5.92 Å². The fourth-order valence-electron chi connectivity index (χ4n) is 2.97. The maximum Gasteiger partial charge on any atom is 0.243 e. The first-order valence-electron chi connectivity index (χ1n) is 7.95. The molecule has 1 amide bonds. The van der Waals surface area contributed by atoms with Gasteiger partial charge < -0.3 is 5.32 Å². The van der Waals surface area contributed by atoms with E-state index in [1.807, 2.05) is 0 Å². The van der Waals surface area contributed by atoms with Crippen LogP contribution in [0.1, 0.15) is 32.6 Å². The largest absolute Gasteiger partial charge is 0.351 e. The molecule has 23 heavy (non-hydrogen) atoms. The second-order valence-corrected chi connectivity index (χ2v) is 6.06. The van der Waals surface area contributed by atoms with E-state index < -0.39 is 5.82 Å². The molecule has 1 aliphatic carbocycles. The molecule has 0 radical (unpaired) electrons. The van der Waals surface area contributed by atoms with Gasteiger partial charge in [-0.05, 0) is 36.1 Å². The number of halogens is 1. The van der Waals surface area contributed by atoms with E-state index in [9.17, 15) is 9.18 Å². The van der Waals surface area contributed by atoms with Gasteiger partial charge in [0.15, 0.2) is 0 Å². The summed E-state index contributed by atoms with van der Waals surface area (Å²) >= 11 is 0. The Bertz CT molecular complexity index is 687. The first-order valence-corrected chi connectivity index (χ1v) is 7.95. The Morgan fingerprint density at radius 1 is 1.35 bits per heavy atom. The molecular formula is C16H20FN5O. The highest BCUT2D eigenvalue weighted by molar-refractivity contribution is 5.75. The molecule has 3 rings (SSSR count). The summed E-state index contributed by atoms with van der Waals surface area (Å²) < 4.78 is 13.7. The minimum Gasteiger partial charge on any atom is -0.351 e. The van der Waals surface area contributed by atoms with Gasteiger partial charge in [-0.15, -0.1) is 10.2 Å². The number of tetrazole rings is 1. The highest BCUT2D eigenvalue weighted by Crippen LogP contribution is 2.23. The Hall–Kier alpha value is -2.31. The molecule has 0 saturated heterocycles. The van der Waals surface area contributed by atoms with Crippen molar-refractivity contribution in [3.8, 4) is 11.4 Å². The summed E-state index contributed by atoms with van der Waals surface area (Å²) in [6.07, 6.45) is 4.53. The van der Waals surface area contributed by atoms with E-state index >= 15 is 0 Å².